The maximum atomic E-state index is 12.1. The molecule has 0 aliphatic carbocycles. The molecule has 0 unspecified atom stereocenters. The van der Waals surface area contributed by atoms with Crippen molar-refractivity contribution in [1.82, 2.24) is 4.90 Å². The van der Waals surface area contributed by atoms with Gasteiger partial charge in [-0.25, -0.2) is 8.78 Å². The molecule has 0 radical (unpaired) electrons. The molecule has 2 bridgehead atoms. The molecule has 0 saturated carbocycles. The van der Waals surface area contributed by atoms with Crippen molar-refractivity contribution in [3.05, 3.63) is 12.8 Å². The van der Waals surface area contributed by atoms with E-state index in [1.54, 1.807) is 0 Å². The number of hydrogen-bond donors (Lipinski definition) is 1. The monoisotopic (exact) mass is 232 g/mol. The average molecular weight is 232 g/mol. The predicted octanol–water partition coefficient (Wildman–Crippen LogP) is 1.34. The van der Waals surface area contributed by atoms with E-state index in [1.807, 2.05) is 6.20 Å². The first-order valence-electron chi connectivity index (χ1n) is 5.68. The van der Waals surface area contributed by atoms with E-state index >= 15 is 0 Å². The maximum absolute atomic E-state index is 12.1. The Morgan fingerprint density at radius 1 is 1.50 bits per heavy atom. The minimum Gasteiger partial charge on any atom is -0.371 e. The summed E-state index contributed by atoms with van der Waals surface area (Å²) in [6.07, 6.45) is 1.96. The van der Waals surface area contributed by atoms with Crippen molar-refractivity contribution in [1.29, 1.82) is 0 Å². The van der Waals surface area contributed by atoms with E-state index in [2.05, 4.69) is 11.5 Å². The standard InChI is InChI=1S/C11H18F2N2O/c1-2-15-7-3-4-8(15)11(14)9(5-7)16-6-10(12)13/h2,7-11H,1,3-6,14H2/t7-,8+,9+,11-/m0/s1. The molecule has 0 aromatic carbocycles. The Morgan fingerprint density at radius 2 is 2.25 bits per heavy atom. The second kappa shape index (κ2) is 4.67. The van der Waals surface area contributed by atoms with E-state index in [0.717, 1.165) is 19.3 Å². The Morgan fingerprint density at radius 3 is 2.88 bits per heavy atom. The fourth-order valence-corrected chi connectivity index (χ4v) is 2.90. The zero-order valence-corrected chi connectivity index (χ0v) is 9.19. The number of alkyl halides is 2. The lowest BCUT2D eigenvalue weighted by Crippen LogP contribution is -2.57. The van der Waals surface area contributed by atoms with Gasteiger partial charge in [-0.1, -0.05) is 6.58 Å². The van der Waals surface area contributed by atoms with Crippen LogP contribution in [0.2, 0.25) is 0 Å². The third-order valence-electron chi connectivity index (χ3n) is 3.63. The van der Waals surface area contributed by atoms with Crippen LogP contribution in [0.25, 0.3) is 0 Å². The molecule has 0 aromatic rings. The minimum atomic E-state index is -2.41. The number of rotatable bonds is 4. The molecule has 2 saturated heterocycles. The molecule has 2 fully saturated rings. The normalized spacial score (nSPS) is 38.1. The minimum absolute atomic E-state index is 0.185. The summed E-state index contributed by atoms with van der Waals surface area (Å²) in [7, 11) is 0. The molecular formula is C11H18F2N2O. The molecular weight excluding hydrogens is 214 g/mol. The van der Waals surface area contributed by atoms with Crippen molar-refractivity contribution < 1.29 is 13.5 Å². The number of piperidine rings is 1. The number of halogens is 2. The third-order valence-corrected chi connectivity index (χ3v) is 3.63. The summed E-state index contributed by atoms with van der Waals surface area (Å²) in [5.74, 6) is 0. The molecule has 92 valence electrons. The summed E-state index contributed by atoms with van der Waals surface area (Å²) >= 11 is 0. The van der Waals surface area contributed by atoms with Gasteiger partial charge in [0, 0.05) is 12.1 Å². The van der Waals surface area contributed by atoms with Crippen LogP contribution in [-0.2, 0) is 4.74 Å². The quantitative estimate of drug-likeness (QED) is 0.795. The number of fused-ring (bicyclic) bond motifs is 2. The van der Waals surface area contributed by atoms with Gasteiger partial charge in [0.15, 0.2) is 0 Å². The Balaban J connectivity index is 1.96. The first-order valence-corrected chi connectivity index (χ1v) is 5.68. The summed E-state index contributed by atoms with van der Waals surface area (Å²) < 4.78 is 29.3. The van der Waals surface area contributed by atoms with Gasteiger partial charge in [-0.3, -0.25) is 0 Å². The molecule has 0 spiro atoms. The number of hydrogen-bond acceptors (Lipinski definition) is 3. The van der Waals surface area contributed by atoms with Gasteiger partial charge in [0.05, 0.1) is 12.1 Å². The highest BCUT2D eigenvalue weighted by Crippen LogP contribution is 2.36. The highest BCUT2D eigenvalue weighted by molar-refractivity contribution is 5.05. The lowest BCUT2D eigenvalue weighted by molar-refractivity contribution is -0.0638. The molecule has 16 heavy (non-hydrogen) atoms. The second-order valence-corrected chi connectivity index (χ2v) is 4.50. The summed E-state index contributed by atoms with van der Waals surface area (Å²) in [4.78, 5) is 2.16. The first-order chi connectivity index (χ1) is 7.63. The van der Waals surface area contributed by atoms with Crippen LogP contribution in [0.5, 0.6) is 0 Å². The molecule has 2 rings (SSSR count). The Labute approximate surface area is 94.2 Å². The second-order valence-electron chi connectivity index (χ2n) is 4.50. The highest BCUT2D eigenvalue weighted by atomic mass is 19.3. The topological polar surface area (TPSA) is 38.5 Å². The Kier molecular flexibility index (Phi) is 3.44. The van der Waals surface area contributed by atoms with Crippen molar-refractivity contribution in [2.75, 3.05) is 6.61 Å². The molecule has 4 atom stereocenters. The molecule has 2 aliphatic heterocycles. The largest absolute Gasteiger partial charge is 0.371 e. The van der Waals surface area contributed by atoms with Crippen molar-refractivity contribution >= 4 is 0 Å². The summed E-state index contributed by atoms with van der Waals surface area (Å²) in [6.45, 7) is 3.26. The molecule has 0 aromatic heterocycles. The molecule has 5 heteroatoms. The van der Waals surface area contributed by atoms with Gasteiger partial charge in [0.25, 0.3) is 6.43 Å². The van der Waals surface area contributed by atoms with E-state index in [9.17, 15) is 8.78 Å². The van der Waals surface area contributed by atoms with Gasteiger partial charge in [0.1, 0.15) is 6.61 Å². The number of nitrogens with two attached hydrogens (primary N) is 1. The maximum Gasteiger partial charge on any atom is 0.261 e. The van der Waals surface area contributed by atoms with Crippen LogP contribution in [0.3, 0.4) is 0 Å². The first kappa shape index (κ1) is 11.8. The molecule has 2 heterocycles. The number of nitrogens with zero attached hydrogens (tertiary/aromatic N) is 1. The van der Waals surface area contributed by atoms with Crippen LogP contribution < -0.4 is 5.73 Å². The smallest absolute Gasteiger partial charge is 0.261 e. The van der Waals surface area contributed by atoms with Crippen LogP contribution in [-0.4, -0.2) is 42.2 Å². The summed E-state index contributed by atoms with van der Waals surface area (Å²) in [5, 5.41) is 0. The van der Waals surface area contributed by atoms with Gasteiger partial charge in [0.2, 0.25) is 0 Å². The van der Waals surface area contributed by atoms with Crippen molar-refractivity contribution in [3.63, 3.8) is 0 Å². The van der Waals surface area contributed by atoms with Crippen molar-refractivity contribution in [3.8, 4) is 0 Å². The fraction of sp³-hybridized carbons (Fsp3) is 0.818. The lowest BCUT2D eigenvalue weighted by atomic mass is 9.95. The van der Waals surface area contributed by atoms with Crippen LogP contribution in [0.1, 0.15) is 19.3 Å². The Hall–Kier alpha value is -0.680. The average Bonchev–Trinajstić information content (AvgIpc) is 2.58. The van der Waals surface area contributed by atoms with Crippen LogP contribution in [0, 0.1) is 0 Å². The molecule has 2 aliphatic rings. The van der Waals surface area contributed by atoms with E-state index in [0.29, 0.717) is 6.04 Å². The van der Waals surface area contributed by atoms with Crippen LogP contribution in [0.4, 0.5) is 8.78 Å². The van der Waals surface area contributed by atoms with Crippen molar-refractivity contribution in [2.24, 2.45) is 5.73 Å². The predicted molar refractivity (Wildman–Crippen MR) is 57.2 cm³/mol. The SMILES string of the molecule is C=CN1[C@H]2CC[C@@H]1[C@H](N)[C@H](OCC(F)F)C2. The zero-order chi connectivity index (χ0) is 11.7. The van der Waals surface area contributed by atoms with E-state index in [1.165, 1.54) is 0 Å². The lowest BCUT2D eigenvalue weighted by Gasteiger charge is -2.42. The van der Waals surface area contributed by atoms with Gasteiger partial charge < -0.3 is 15.4 Å². The molecule has 3 nitrogen and oxygen atoms in total. The highest BCUT2D eigenvalue weighted by Gasteiger charge is 2.44. The van der Waals surface area contributed by atoms with E-state index < -0.39 is 13.0 Å². The van der Waals surface area contributed by atoms with Crippen LogP contribution >= 0.6 is 0 Å². The summed E-state index contributed by atoms with van der Waals surface area (Å²) in [5.41, 5.74) is 6.05. The fourth-order valence-electron chi connectivity index (χ4n) is 2.90. The Bertz CT molecular complexity index is 262. The third kappa shape index (κ3) is 2.06. The van der Waals surface area contributed by atoms with Crippen LogP contribution in [0.15, 0.2) is 12.8 Å². The number of ether oxygens (including phenoxy) is 1. The van der Waals surface area contributed by atoms with Crippen molar-refractivity contribution in [2.45, 2.75) is 49.9 Å². The van der Waals surface area contributed by atoms with Gasteiger partial charge in [-0.2, -0.15) is 0 Å². The van der Waals surface area contributed by atoms with E-state index in [-0.39, 0.29) is 18.2 Å². The van der Waals surface area contributed by atoms with Gasteiger partial charge in [-0.05, 0) is 25.5 Å². The summed E-state index contributed by atoms with van der Waals surface area (Å²) in [6, 6.07) is 0.388. The van der Waals surface area contributed by atoms with Gasteiger partial charge in [-0.15, -0.1) is 0 Å². The van der Waals surface area contributed by atoms with E-state index in [4.69, 9.17) is 10.5 Å². The molecule has 0 amide bonds. The van der Waals surface area contributed by atoms with Gasteiger partial charge >= 0.3 is 0 Å². The molecule has 2 N–H and O–H groups in total. The zero-order valence-electron chi connectivity index (χ0n) is 9.19.